The van der Waals surface area contributed by atoms with E-state index >= 15 is 0 Å². The number of aryl methyl sites for hydroxylation is 1. The molecule has 1 aromatic carbocycles. The van der Waals surface area contributed by atoms with Crippen molar-refractivity contribution in [1.29, 1.82) is 0 Å². The number of hydrogen-bond donors (Lipinski definition) is 1. The smallest absolute Gasteiger partial charge is 0.316 e. The second-order valence-corrected chi connectivity index (χ2v) is 4.33. The third-order valence-electron chi connectivity index (χ3n) is 3.38. The van der Waals surface area contributed by atoms with E-state index in [1.165, 1.54) is 0 Å². The summed E-state index contributed by atoms with van der Waals surface area (Å²) in [6.45, 7) is 0.249. The number of aliphatic carboxylic acids is 1. The molecule has 0 spiro atoms. The Morgan fingerprint density at radius 3 is 2.94 bits per heavy atom. The lowest BCUT2D eigenvalue weighted by molar-refractivity contribution is -0.146. The predicted octanol–water partition coefficient (Wildman–Crippen LogP) is 1.99. The Labute approximate surface area is 95.0 Å². The highest BCUT2D eigenvalue weighted by Crippen LogP contribution is 2.37. The lowest BCUT2D eigenvalue weighted by Gasteiger charge is -2.34. The number of benzene rings is 1. The zero-order valence-electron chi connectivity index (χ0n) is 9.40. The molecule has 3 heteroatoms. The molecule has 0 saturated heterocycles. The molecule has 1 aliphatic carbocycles. The molecule has 0 bridgehead atoms. The van der Waals surface area contributed by atoms with Gasteiger partial charge in [-0.3, -0.25) is 4.79 Å². The number of carbonyl (C=O) groups is 1. The molecule has 0 amide bonds. The minimum Gasteiger partial charge on any atom is -0.481 e. The molecule has 0 radical (unpaired) electrons. The van der Waals surface area contributed by atoms with Crippen molar-refractivity contribution in [2.45, 2.75) is 24.7 Å². The summed E-state index contributed by atoms with van der Waals surface area (Å²) in [7, 11) is 1.56. The topological polar surface area (TPSA) is 46.5 Å². The van der Waals surface area contributed by atoms with Gasteiger partial charge < -0.3 is 9.84 Å². The average Bonchev–Trinajstić information content (AvgIpc) is 2.29. The maximum Gasteiger partial charge on any atom is 0.316 e. The van der Waals surface area contributed by atoms with Crippen LogP contribution in [0.5, 0.6) is 0 Å². The maximum absolute atomic E-state index is 11.5. The highest BCUT2D eigenvalue weighted by atomic mass is 16.5. The van der Waals surface area contributed by atoms with Crippen LogP contribution in [0, 0.1) is 0 Å². The largest absolute Gasteiger partial charge is 0.481 e. The number of carboxylic acid groups (broad SMARTS) is 1. The summed E-state index contributed by atoms with van der Waals surface area (Å²) in [5.74, 6) is -0.776. The van der Waals surface area contributed by atoms with Crippen molar-refractivity contribution in [3.63, 3.8) is 0 Å². The van der Waals surface area contributed by atoms with Crippen LogP contribution in [0.15, 0.2) is 24.3 Å². The summed E-state index contributed by atoms with van der Waals surface area (Å²) in [6, 6.07) is 7.80. The first kappa shape index (κ1) is 11.1. The number of carboxylic acids is 1. The monoisotopic (exact) mass is 220 g/mol. The van der Waals surface area contributed by atoms with E-state index in [9.17, 15) is 9.90 Å². The Bertz CT molecular complexity index is 400. The molecule has 0 heterocycles. The van der Waals surface area contributed by atoms with Crippen molar-refractivity contribution in [2.75, 3.05) is 13.7 Å². The van der Waals surface area contributed by atoms with Gasteiger partial charge >= 0.3 is 5.97 Å². The van der Waals surface area contributed by atoms with Crippen molar-refractivity contribution in [3.05, 3.63) is 35.4 Å². The summed E-state index contributed by atoms with van der Waals surface area (Å²) < 4.78 is 5.12. The molecule has 1 unspecified atom stereocenters. The van der Waals surface area contributed by atoms with Crippen LogP contribution in [0.1, 0.15) is 24.0 Å². The van der Waals surface area contributed by atoms with Gasteiger partial charge in [-0.05, 0) is 30.4 Å². The number of fused-ring (bicyclic) bond motifs is 1. The summed E-state index contributed by atoms with van der Waals surface area (Å²) in [5.41, 5.74) is 1.23. The lowest BCUT2D eigenvalue weighted by atomic mass is 9.70. The van der Waals surface area contributed by atoms with E-state index < -0.39 is 11.4 Å². The minimum absolute atomic E-state index is 0.249. The van der Waals surface area contributed by atoms with E-state index in [4.69, 9.17) is 4.74 Å². The Balaban J connectivity index is 2.52. The molecule has 0 aliphatic heterocycles. The molecule has 1 atom stereocenters. The van der Waals surface area contributed by atoms with Crippen LogP contribution < -0.4 is 0 Å². The SMILES string of the molecule is COCC1(C(=O)O)CCCc2ccccc21. The maximum atomic E-state index is 11.5. The molecule has 1 aliphatic rings. The number of rotatable bonds is 3. The van der Waals surface area contributed by atoms with Gasteiger partial charge in [0.1, 0.15) is 5.41 Å². The van der Waals surface area contributed by atoms with Gasteiger partial charge in [0.2, 0.25) is 0 Å². The predicted molar refractivity (Wildman–Crippen MR) is 60.6 cm³/mol. The highest BCUT2D eigenvalue weighted by Gasteiger charge is 2.43. The van der Waals surface area contributed by atoms with Crippen LogP contribution in [0.4, 0.5) is 0 Å². The van der Waals surface area contributed by atoms with Crippen LogP contribution in [-0.2, 0) is 21.4 Å². The van der Waals surface area contributed by atoms with Crippen molar-refractivity contribution < 1.29 is 14.6 Å². The fourth-order valence-electron chi connectivity index (χ4n) is 2.60. The average molecular weight is 220 g/mol. The van der Waals surface area contributed by atoms with Crippen molar-refractivity contribution in [2.24, 2.45) is 0 Å². The summed E-state index contributed by atoms with van der Waals surface area (Å²) in [4.78, 5) is 11.5. The van der Waals surface area contributed by atoms with Crippen LogP contribution >= 0.6 is 0 Å². The Morgan fingerprint density at radius 1 is 1.50 bits per heavy atom. The first-order valence-corrected chi connectivity index (χ1v) is 5.51. The zero-order chi connectivity index (χ0) is 11.6. The van der Waals surface area contributed by atoms with Crippen molar-refractivity contribution in [3.8, 4) is 0 Å². The van der Waals surface area contributed by atoms with Gasteiger partial charge in [0.25, 0.3) is 0 Å². The van der Waals surface area contributed by atoms with Gasteiger partial charge in [-0.1, -0.05) is 24.3 Å². The van der Waals surface area contributed by atoms with Gasteiger partial charge in [0.05, 0.1) is 6.61 Å². The third kappa shape index (κ3) is 1.61. The van der Waals surface area contributed by atoms with Gasteiger partial charge in [-0.15, -0.1) is 0 Å². The minimum atomic E-state index is -0.844. The number of methoxy groups -OCH3 is 1. The highest BCUT2D eigenvalue weighted by molar-refractivity contribution is 5.82. The van der Waals surface area contributed by atoms with Crippen LogP contribution in [0.3, 0.4) is 0 Å². The second-order valence-electron chi connectivity index (χ2n) is 4.33. The van der Waals surface area contributed by atoms with E-state index in [0.29, 0.717) is 6.42 Å². The molecular weight excluding hydrogens is 204 g/mol. The molecule has 2 rings (SSSR count). The van der Waals surface area contributed by atoms with E-state index in [0.717, 1.165) is 24.0 Å². The van der Waals surface area contributed by atoms with Gasteiger partial charge in [0.15, 0.2) is 0 Å². The Kier molecular flexibility index (Phi) is 2.97. The Hall–Kier alpha value is -1.35. The van der Waals surface area contributed by atoms with Crippen molar-refractivity contribution in [1.82, 2.24) is 0 Å². The van der Waals surface area contributed by atoms with E-state index in [1.807, 2.05) is 24.3 Å². The fourth-order valence-corrected chi connectivity index (χ4v) is 2.60. The van der Waals surface area contributed by atoms with Crippen LogP contribution in [0.2, 0.25) is 0 Å². The van der Waals surface area contributed by atoms with Gasteiger partial charge in [-0.25, -0.2) is 0 Å². The standard InChI is InChI=1S/C13H16O3/c1-16-9-13(12(14)15)8-4-6-10-5-2-3-7-11(10)13/h2-3,5,7H,4,6,8-9H2,1H3,(H,14,15). The Morgan fingerprint density at radius 2 is 2.25 bits per heavy atom. The summed E-state index contributed by atoms with van der Waals surface area (Å²) >= 11 is 0. The first-order valence-electron chi connectivity index (χ1n) is 5.51. The summed E-state index contributed by atoms with van der Waals surface area (Å²) in [6.07, 6.45) is 2.54. The third-order valence-corrected chi connectivity index (χ3v) is 3.38. The second kappa shape index (κ2) is 4.26. The zero-order valence-corrected chi connectivity index (χ0v) is 9.40. The summed E-state index contributed by atoms with van der Waals surface area (Å²) in [5, 5.41) is 9.49. The molecule has 0 saturated carbocycles. The van der Waals surface area contributed by atoms with Gasteiger partial charge in [-0.2, -0.15) is 0 Å². The molecule has 0 fully saturated rings. The first-order chi connectivity index (χ1) is 7.70. The lowest BCUT2D eigenvalue weighted by Crippen LogP contribution is -2.43. The molecule has 1 N–H and O–H groups in total. The van der Waals surface area contributed by atoms with Crippen molar-refractivity contribution >= 4 is 5.97 Å². The number of ether oxygens (including phenoxy) is 1. The molecule has 0 aromatic heterocycles. The molecular formula is C13H16O3. The quantitative estimate of drug-likeness (QED) is 0.847. The molecule has 86 valence electrons. The number of hydrogen-bond acceptors (Lipinski definition) is 2. The molecule has 1 aromatic rings. The normalized spacial score (nSPS) is 23.8. The van der Waals surface area contributed by atoms with E-state index in [1.54, 1.807) is 7.11 Å². The molecule has 3 nitrogen and oxygen atoms in total. The molecule has 16 heavy (non-hydrogen) atoms. The van der Waals surface area contributed by atoms with Crippen LogP contribution in [0.25, 0.3) is 0 Å². The van der Waals surface area contributed by atoms with Crippen LogP contribution in [-0.4, -0.2) is 24.8 Å². The fraction of sp³-hybridized carbons (Fsp3) is 0.462. The van der Waals surface area contributed by atoms with E-state index in [2.05, 4.69) is 0 Å². The van der Waals surface area contributed by atoms with E-state index in [-0.39, 0.29) is 6.61 Å². The van der Waals surface area contributed by atoms with Gasteiger partial charge in [0, 0.05) is 7.11 Å².